The molecule has 1 aromatic rings. The fourth-order valence-electron chi connectivity index (χ4n) is 1.12. The van der Waals surface area contributed by atoms with Crippen LogP contribution in [0.15, 0.2) is 30.3 Å². The summed E-state index contributed by atoms with van der Waals surface area (Å²) >= 11 is 5.17. The van der Waals surface area contributed by atoms with Crippen LogP contribution in [0, 0.1) is 0 Å². The van der Waals surface area contributed by atoms with Crippen LogP contribution in [0.4, 0.5) is 0 Å². The highest BCUT2D eigenvalue weighted by Gasteiger charge is 1.96. The summed E-state index contributed by atoms with van der Waals surface area (Å²) in [6, 6.07) is 9.42. The maximum atomic E-state index is 10.4. The van der Waals surface area contributed by atoms with E-state index < -0.39 is 0 Å². The van der Waals surface area contributed by atoms with Crippen molar-refractivity contribution in [3.63, 3.8) is 0 Å². The Hall–Kier alpha value is -1.35. The number of carbonyl (C=O) groups is 2. The molecule has 0 amide bonds. The van der Waals surface area contributed by atoms with Crippen LogP contribution in [-0.2, 0) is 20.7 Å². The first-order valence-electron chi connectivity index (χ1n) is 5.91. The Bertz CT molecular complexity index is 349. The van der Waals surface area contributed by atoms with Gasteiger partial charge >= 0.3 is 5.97 Å². The highest BCUT2D eigenvalue weighted by atomic mass is 35.5. The minimum absolute atomic E-state index is 0.182. The van der Waals surface area contributed by atoms with Crippen molar-refractivity contribution in [2.45, 2.75) is 33.1 Å². The molecule has 0 radical (unpaired) electrons. The van der Waals surface area contributed by atoms with Crippen molar-refractivity contribution in [1.82, 2.24) is 0 Å². The first-order chi connectivity index (χ1) is 8.56. The lowest BCUT2D eigenvalue weighted by Crippen LogP contribution is -1.99. The maximum absolute atomic E-state index is 10.4. The fraction of sp³-hybridized carbons (Fsp3) is 0.429. The molecular weight excluding hydrogens is 252 g/mol. The molecular formula is C14H19ClO3. The van der Waals surface area contributed by atoms with Crippen LogP contribution in [0.5, 0.6) is 0 Å². The Morgan fingerprint density at radius 3 is 2.28 bits per heavy atom. The highest BCUT2D eigenvalue weighted by molar-refractivity contribution is 6.63. The minimum atomic E-state index is -0.314. The average molecular weight is 271 g/mol. The molecule has 0 aliphatic heterocycles. The number of hydrogen-bond acceptors (Lipinski definition) is 3. The van der Waals surface area contributed by atoms with Gasteiger partial charge in [0.1, 0.15) is 0 Å². The SMILES string of the molecule is CCCCOC(C)=O.O=C(Cl)Cc1ccccc1. The molecule has 0 aliphatic rings. The second-order valence-electron chi connectivity index (χ2n) is 3.71. The van der Waals surface area contributed by atoms with Gasteiger partial charge in [0.2, 0.25) is 5.24 Å². The van der Waals surface area contributed by atoms with Crippen LogP contribution < -0.4 is 0 Å². The number of unbranched alkanes of at least 4 members (excludes halogenated alkanes) is 1. The second kappa shape index (κ2) is 10.8. The van der Waals surface area contributed by atoms with E-state index in [1.165, 1.54) is 6.92 Å². The van der Waals surface area contributed by atoms with Gasteiger partial charge in [-0.2, -0.15) is 0 Å². The molecule has 0 N–H and O–H groups in total. The summed E-state index contributed by atoms with van der Waals surface area (Å²) in [7, 11) is 0. The largest absolute Gasteiger partial charge is 0.466 e. The number of esters is 1. The summed E-state index contributed by atoms with van der Waals surface area (Å²) in [4.78, 5) is 20.5. The van der Waals surface area contributed by atoms with Gasteiger partial charge in [0, 0.05) is 13.3 Å². The molecule has 0 spiro atoms. The van der Waals surface area contributed by atoms with Crippen LogP contribution in [0.1, 0.15) is 32.3 Å². The molecule has 0 heterocycles. The molecule has 0 aliphatic carbocycles. The monoisotopic (exact) mass is 270 g/mol. The Morgan fingerprint density at radius 2 is 1.83 bits per heavy atom. The summed E-state index contributed by atoms with van der Waals surface area (Å²) in [5, 5.41) is -0.314. The van der Waals surface area contributed by atoms with Gasteiger partial charge in [-0.15, -0.1) is 0 Å². The van der Waals surface area contributed by atoms with Crippen molar-refractivity contribution in [3.05, 3.63) is 35.9 Å². The van der Waals surface area contributed by atoms with E-state index in [4.69, 9.17) is 11.6 Å². The van der Waals surface area contributed by atoms with E-state index in [0.29, 0.717) is 13.0 Å². The third-order valence-electron chi connectivity index (χ3n) is 1.99. The molecule has 1 rings (SSSR count). The standard InChI is InChI=1S/C8H7ClO.C6H12O2/c9-8(10)6-7-4-2-1-3-5-7;1-3-4-5-8-6(2)7/h1-5H,6H2;3-5H2,1-2H3. The zero-order chi connectivity index (χ0) is 13.8. The van der Waals surface area contributed by atoms with Crippen molar-refractivity contribution in [2.75, 3.05) is 6.61 Å². The Kier molecular flexibility index (Phi) is 9.97. The lowest BCUT2D eigenvalue weighted by molar-refractivity contribution is -0.141. The van der Waals surface area contributed by atoms with E-state index in [2.05, 4.69) is 11.7 Å². The topological polar surface area (TPSA) is 43.4 Å². The summed E-state index contributed by atoms with van der Waals surface area (Å²) < 4.78 is 4.64. The van der Waals surface area contributed by atoms with E-state index in [-0.39, 0.29) is 11.2 Å². The summed E-state index contributed by atoms with van der Waals surface area (Å²) in [6.45, 7) is 4.06. The molecule has 0 aromatic heterocycles. The van der Waals surface area contributed by atoms with Gasteiger partial charge in [0.25, 0.3) is 0 Å². The smallest absolute Gasteiger partial charge is 0.302 e. The number of hydrogen-bond donors (Lipinski definition) is 0. The molecule has 4 heteroatoms. The molecule has 0 bridgehead atoms. The van der Waals surface area contributed by atoms with E-state index >= 15 is 0 Å². The predicted octanol–water partition coefficient (Wildman–Crippen LogP) is 3.34. The second-order valence-corrected chi connectivity index (χ2v) is 4.13. The van der Waals surface area contributed by atoms with Gasteiger partial charge < -0.3 is 4.74 Å². The maximum Gasteiger partial charge on any atom is 0.302 e. The van der Waals surface area contributed by atoms with Gasteiger partial charge in [-0.05, 0) is 23.6 Å². The Morgan fingerprint density at radius 1 is 1.22 bits per heavy atom. The molecule has 0 saturated heterocycles. The normalized spacial score (nSPS) is 9.06. The minimum Gasteiger partial charge on any atom is -0.466 e. The summed E-state index contributed by atoms with van der Waals surface area (Å²) in [5.41, 5.74) is 0.961. The number of halogens is 1. The van der Waals surface area contributed by atoms with Crippen LogP contribution in [0.2, 0.25) is 0 Å². The number of ether oxygens (including phenoxy) is 1. The number of carbonyl (C=O) groups excluding carboxylic acids is 2. The molecule has 100 valence electrons. The average Bonchev–Trinajstić information content (AvgIpc) is 2.30. The Labute approximate surface area is 113 Å². The van der Waals surface area contributed by atoms with Crippen molar-refractivity contribution in [2.24, 2.45) is 0 Å². The van der Waals surface area contributed by atoms with Gasteiger partial charge in [-0.25, -0.2) is 0 Å². The van der Waals surface area contributed by atoms with Gasteiger partial charge in [-0.1, -0.05) is 43.7 Å². The molecule has 1 aromatic carbocycles. The van der Waals surface area contributed by atoms with Crippen molar-refractivity contribution < 1.29 is 14.3 Å². The zero-order valence-electron chi connectivity index (χ0n) is 10.8. The lowest BCUT2D eigenvalue weighted by atomic mass is 10.2. The van der Waals surface area contributed by atoms with Crippen LogP contribution in [-0.4, -0.2) is 17.8 Å². The molecule has 0 saturated carbocycles. The zero-order valence-corrected chi connectivity index (χ0v) is 11.6. The third-order valence-corrected chi connectivity index (χ3v) is 2.12. The van der Waals surface area contributed by atoms with Gasteiger partial charge in [-0.3, -0.25) is 9.59 Å². The van der Waals surface area contributed by atoms with E-state index in [1.807, 2.05) is 30.3 Å². The van der Waals surface area contributed by atoms with Crippen LogP contribution >= 0.6 is 11.6 Å². The molecule has 0 atom stereocenters. The van der Waals surface area contributed by atoms with E-state index in [9.17, 15) is 9.59 Å². The summed E-state index contributed by atoms with van der Waals surface area (Å²) in [5.74, 6) is -0.182. The first-order valence-corrected chi connectivity index (χ1v) is 6.29. The number of rotatable bonds is 5. The van der Waals surface area contributed by atoms with Crippen molar-refractivity contribution >= 4 is 22.8 Å². The summed E-state index contributed by atoms with van der Waals surface area (Å²) in [6.07, 6.45) is 2.37. The molecule has 3 nitrogen and oxygen atoms in total. The quantitative estimate of drug-likeness (QED) is 0.468. The highest BCUT2D eigenvalue weighted by Crippen LogP contribution is 2.00. The van der Waals surface area contributed by atoms with Gasteiger partial charge in [0.05, 0.1) is 6.61 Å². The van der Waals surface area contributed by atoms with E-state index in [1.54, 1.807) is 0 Å². The van der Waals surface area contributed by atoms with Gasteiger partial charge in [0.15, 0.2) is 0 Å². The lowest BCUT2D eigenvalue weighted by Gasteiger charge is -1.96. The Balaban J connectivity index is 0.000000331. The fourth-order valence-corrected chi connectivity index (χ4v) is 1.27. The molecule has 0 unspecified atom stereocenters. The predicted molar refractivity (Wildman–Crippen MR) is 72.5 cm³/mol. The molecule has 18 heavy (non-hydrogen) atoms. The third kappa shape index (κ3) is 11.1. The van der Waals surface area contributed by atoms with E-state index in [0.717, 1.165) is 18.4 Å². The van der Waals surface area contributed by atoms with Crippen LogP contribution in [0.25, 0.3) is 0 Å². The first kappa shape index (κ1) is 16.6. The number of benzene rings is 1. The van der Waals surface area contributed by atoms with Crippen LogP contribution in [0.3, 0.4) is 0 Å². The molecule has 0 fully saturated rings. The van der Waals surface area contributed by atoms with Crippen molar-refractivity contribution in [3.8, 4) is 0 Å². The van der Waals surface area contributed by atoms with Crippen molar-refractivity contribution in [1.29, 1.82) is 0 Å².